The molecule has 0 bridgehead atoms. The zero-order valence-corrected chi connectivity index (χ0v) is 24.7. The van der Waals surface area contributed by atoms with E-state index in [2.05, 4.69) is 126 Å². The minimum atomic E-state index is 0.591. The average molecular weight is 588 g/mol. The summed E-state index contributed by atoms with van der Waals surface area (Å²) in [5.41, 5.74) is 6.75. The summed E-state index contributed by atoms with van der Waals surface area (Å²) in [6, 6.07) is 48.1. The molecule has 46 heavy (non-hydrogen) atoms. The van der Waals surface area contributed by atoms with Crippen LogP contribution in [0.1, 0.15) is 0 Å². The third-order valence-electron chi connectivity index (χ3n) is 8.60. The number of rotatable bonds is 4. The molecule has 0 N–H and O–H groups in total. The van der Waals surface area contributed by atoms with E-state index < -0.39 is 0 Å². The second kappa shape index (κ2) is 10.7. The Kier molecular flexibility index (Phi) is 6.06. The van der Waals surface area contributed by atoms with E-state index in [0.29, 0.717) is 17.5 Å². The quantitative estimate of drug-likeness (QED) is 0.192. The topological polar surface area (TPSA) is 64.5 Å². The van der Waals surface area contributed by atoms with Crippen LogP contribution in [-0.4, -0.2) is 24.9 Å². The van der Waals surface area contributed by atoms with Crippen LogP contribution in [0.2, 0.25) is 0 Å². The van der Waals surface area contributed by atoms with Crippen molar-refractivity contribution in [3.05, 3.63) is 152 Å². The van der Waals surface area contributed by atoms with Crippen LogP contribution in [0, 0.1) is 0 Å². The standard InChI is InChI=1S/C41H25N5/c1-2-10-26(11-3-1)27-18-20-28(21-19-27)39-44-40(35-24-29-12-4-5-14-31(29)32-15-6-7-16-33(32)35)46-41(45-39)36-25-30-13-8-22-42-37(30)38-34(36)17-9-23-43-38/h1-25H. The monoisotopic (exact) mass is 587 g/mol. The van der Waals surface area contributed by atoms with E-state index in [-0.39, 0.29) is 0 Å². The van der Waals surface area contributed by atoms with Crippen molar-refractivity contribution < 1.29 is 0 Å². The smallest absolute Gasteiger partial charge is 0.164 e. The maximum absolute atomic E-state index is 5.21. The van der Waals surface area contributed by atoms with Gasteiger partial charge in [-0.05, 0) is 56.9 Å². The fraction of sp³-hybridized carbons (Fsp3) is 0. The molecule has 9 rings (SSSR count). The lowest BCUT2D eigenvalue weighted by atomic mass is 9.96. The summed E-state index contributed by atoms with van der Waals surface area (Å²) in [4.78, 5) is 24.9. The third kappa shape index (κ3) is 4.37. The van der Waals surface area contributed by atoms with E-state index in [4.69, 9.17) is 19.9 Å². The lowest BCUT2D eigenvalue weighted by Crippen LogP contribution is -2.01. The predicted octanol–water partition coefficient (Wildman–Crippen LogP) is 9.94. The number of pyridine rings is 2. The molecule has 3 aromatic heterocycles. The van der Waals surface area contributed by atoms with Gasteiger partial charge in [0.2, 0.25) is 0 Å². The number of nitrogens with zero attached hydrogens (tertiary/aromatic N) is 5. The number of hydrogen-bond donors (Lipinski definition) is 0. The Morgan fingerprint density at radius 3 is 1.65 bits per heavy atom. The van der Waals surface area contributed by atoms with Crippen LogP contribution in [0.15, 0.2) is 152 Å². The van der Waals surface area contributed by atoms with Crippen molar-refractivity contribution >= 4 is 43.4 Å². The molecule has 5 heteroatoms. The Balaban J connectivity index is 1.32. The highest BCUT2D eigenvalue weighted by Gasteiger charge is 2.18. The number of aromatic nitrogens is 5. The fourth-order valence-corrected chi connectivity index (χ4v) is 6.39. The zero-order valence-electron chi connectivity index (χ0n) is 24.7. The van der Waals surface area contributed by atoms with Crippen molar-refractivity contribution in [2.75, 3.05) is 0 Å². The summed E-state index contributed by atoms with van der Waals surface area (Å²) in [6.07, 6.45) is 3.61. The summed E-state index contributed by atoms with van der Waals surface area (Å²) in [6.45, 7) is 0. The van der Waals surface area contributed by atoms with Gasteiger partial charge in [0.25, 0.3) is 0 Å². The van der Waals surface area contributed by atoms with Gasteiger partial charge < -0.3 is 0 Å². The normalized spacial score (nSPS) is 11.5. The molecule has 0 aliphatic rings. The Labute approximate surface area is 264 Å². The average Bonchev–Trinajstić information content (AvgIpc) is 3.14. The zero-order chi connectivity index (χ0) is 30.5. The van der Waals surface area contributed by atoms with E-state index >= 15 is 0 Å². The molecule has 0 atom stereocenters. The van der Waals surface area contributed by atoms with Crippen molar-refractivity contribution in [1.82, 2.24) is 24.9 Å². The molecule has 0 unspecified atom stereocenters. The van der Waals surface area contributed by atoms with Gasteiger partial charge in [-0.2, -0.15) is 0 Å². The molecule has 0 spiro atoms. The molecule has 214 valence electrons. The summed E-state index contributed by atoms with van der Waals surface area (Å²) in [5.74, 6) is 1.82. The van der Waals surface area contributed by atoms with Gasteiger partial charge in [0.05, 0.1) is 11.0 Å². The molecule has 0 fully saturated rings. The highest BCUT2D eigenvalue weighted by Crippen LogP contribution is 2.37. The van der Waals surface area contributed by atoms with Crippen LogP contribution in [-0.2, 0) is 0 Å². The van der Waals surface area contributed by atoms with Gasteiger partial charge in [-0.1, -0.05) is 115 Å². The Morgan fingerprint density at radius 2 is 0.848 bits per heavy atom. The van der Waals surface area contributed by atoms with Crippen LogP contribution >= 0.6 is 0 Å². The van der Waals surface area contributed by atoms with Crippen molar-refractivity contribution in [2.24, 2.45) is 0 Å². The summed E-state index contributed by atoms with van der Waals surface area (Å²) >= 11 is 0. The van der Waals surface area contributed by atoms with Crippen LogP contribution in [0.5, 0.6) is 0 Å². The number of fused-ring (bicyclic) bond motifs is 6. The highest BCUT2D eigenvalue weighted by molar-refractivity contribution is 6.13. The highest BCUT2D eigenvalue weighted by atomic mass is 15.0. The molecule has 0 aliphatic carbocycles. The number of hydrogen-bond acceptors (Lipinski definition) is 5. The molecule has 0 radical (unpaired) electrons. The van der Waals surface area contributed by atoms with Crippen LogP contribution in [0.3, 0.4) is 0 Å². The second-order valence-electron chi connectivity index (χ2n) is 11.3. The molecule has 0 aliphatic heterocycles. The van der Waals surface area contributed by atoms with Crippen molar-refractivity contribution in [3.63, 3.8) is 0 Å². The van der Waals surface area contributed by atoms with Gasteiger partial charge in [-0.3, -0.25) is 9.97 Å². The molecule has 6 aromatic carbocycles. The Hall–Kier alpha value is -6.33. The summed E-state index contributed by atoms with van der Waals surface area (Å²) in [5, 5.41) is 6.52. The molecule has 5 nitrogen and oxygen atoms in total. The van der Waals surface area contributed by atoms with E-state index in [9.17, 15) is 0 Å². The SMILES string of the molecule is c1ccc(-c2ccc(-c3nc(-c4cc5ccccc5c5ccccc45)nc(-c4cc5cccnc5c5ncccc45)n3)cc2)cc1. The van der Waals surface area contributed by atoms with E-state index in [1.165, 1.54) is 5.39 Å². The van der Waals surface area contributed by atoms with Crippen molar-refractivity contribution in [3.8, 4) is 45.3 Å². The molecule has 3 heterocycles. The maximum atomic E-state index is 5.21. The predicted molar refractivity (Wildman–Crippen MR) is 187 cm³/mol. The molecule has 0 saturated heterocycles. The minimum Gasteiger partial charge on any atom is -0.254 e. The van der Waals surface area contributed by atoms with Gasteiger partial charge >= 0.3 is 0 Å². The van der Waals surface area contributed by atoms with Crippen LogP contribution in [0.25, 0.3) is 88.6 Å². The van der Waals surface area contributed by atoms with E-state index in [0.717, 1.165) is 65.8 Å². The van der Waals surface area contributed by atoms with E-state index in [1.54, 1.807) is 12.4 Å². The Morgan fingerprint density at radius 1 is 0.326 bits per heavy atom. The molecule has 0 saturated carbocycles. The van der Waals surface area contributed by atoms with Gasteiger partial charge in [0.1, 0.15) is 0 Å². The first-order chi connectivity index (χ1) is 22.8. The lowest BCUT2D eigenvalue weighted by Gasteiger charge is -2.14. The molecular formula is C41H25N5. The lowest BCUT2D eigenvalue weighted by molar-refractivity contribution is 1.08. The Bertz CT molecular complexity index is 2440. The van der Waals surface area contributed by atoms with Gasteiger partial charge in [0, 0.05) is 39.9 Å². The molecule has 0 amide bonds. The van der Waals surface area contributed by atoms with Crippen LogP contribution in [0.4, 0.5) is 0 Å². The van der Waals surface area contributed by atoms with E-state index in [1.807, 2.05) is 18.2 Å². The second-order valence-corrected chi connectivity index (χ2v) is 11.3. The minimum absolute atomic E-state index is 0.591. The van der Waals surface area contributed by atoms with Crippen LogP contribution < -0.4 is 0 Å². The first-order valence-corrected chi connectivity index (χ1v) is 15.3. The van der Waals surface area contributed by atoms with Gasteiger partial charge in [0.15, 0.2) is 17.5 Å². The maximum Gasteiger partial charge on any atom is 0.164 e. The summed E-state index contributed by atoms with van der Waals surface area (Å²) < 4.78 is 0. The first kappa shape index (κ1) is 26.1. The fourth-order valence-electron chi connectivity index (χ4n) is 6.39. The third-order valence-corrected chi connectivity index (χ3v) is 8.60. The van der Waals surface area contributed by atoms with Crippen molar-refractivity contribution in [2.45, 2.75) is 0 Å². The first-order valence-electron chi connectivity index (χ1n) is 15.3. The number of benzene rings is 6. The van der Waals surface area contributed by atoms with Crippen molar-refractivity contribution in [1.29, 1.82) is 0 Å². The molecule has 9 aromatic rings. The van der Waals surface area contributed by atoms with Gasteiger partial charge in [-0.25, -0.2) is 15.0 Å². The molecular weight excluding hydrogens is 562 g/mol. The largest absolute Gasteiger partial charge is 0.254 e. The summed E-state index contributed by atoms with van der Waals surface area (Å²) in [7, 11) is 0. The van der Waals surface area contributed by atoms with Gasteiger partial charge in [-0.15, -0.1) is 0 Å².